The Hall–Kier alpha value is -11.5. The minimum absolute atomic E-state index is 0.0625. The van der Waals surface area contributed by atoms with Crippen molar-refractivity contribution in [3.8, 4) is 34.0 Å². The van der Waals surface area contributed by atoms with Crippen LogP contribution in [0.5, 0.6) is 0 Å². The fraction of sp³-hybridized carbons (Fsp3) is 0.116. The zero-order valence-corrected chi connectivity index (χ0v) is 49.2. The number of para-hydroxylation sites is 5. The summed E-state index contributed by atoms with van der Waals surface area (Å²) in [6, 6.07) is 58.9. The van der Waals surface area contributed by atoms with Crippen molar-refractivity contribution in [2.24, 2.45) is 0 Å². The van der Waals surface area contributed by atoms with Crippen LogP contribution in [0.2, 0.25) is 0 Å². The number of fused-ring (bicyclic) bond motifs is 2. The summed E-state index contributed by atoms with van der Waals surface area (Å²) in [6.07, 6.45) is 29.5. The van der Waals surface area contributed by atoms with Crippen LogP contribution < -0.4 is 24.5 Å². The molecule has 0 radical (unpaired) electrons. The van der Waals surface area contributed by atoms with Gasteiger partial charge in [-0.3, -0.25) is 39.7 Å². The predicted molar refractivity (Wildman–Crippen MR) is 348 cm³/mol. The molecule has 0 amide bonds. The van der Waals surface area contributed by atoms with Gasteiger partial charge in [0, 0.05) is 125 Å². The fourth-order valence-electron chi connectivity index (χ4n) is 8.76. The molecule has 4 aromatic carbocycles. The van der Waals surface area contributed by atoms with Crippen molar-refractivity contribution in [1.29, 1.82) is 0 Å². The Labute approximate surface area is 508 Å². The average Bonchev–Trinajstić information content (AvgIpc) is 2.20. The maximum Gasteiger partial charge on any atom is 0.178 e. The van der Waals surface area contributed by atoms with Crippen LogP contribution in [0.1, 0.15) is 13.8 Å². The highest BCUT2D eigenvalue weighted by atomic mass is 16.3. The Bertz CT molecular complexity index is 3400. The lowest BCUT2D eigenvalue weighted by atomic mass is 10.1. The number of allylic oxidation sites excluding steroid dienone is 2. The minimum Gasteiger partial charge on any atom is -0.512 e. The van der Waals surface area contributed by atoms with Crippen LogP contribution >= 0.6 is 0 Å². The summed E-state index contributed by atoms with van der Waals surface area (Å²) in [5.41, 5.74) is 12.3. The number of hydrogen-bond acceptors (Lipinski definition) is 18. The number of pyridine rings is 4. The van der Waals surface area contributed by atoms with Crippen LogP contribution in [0.3, 0.4) is 0 Å². The molecule has 0 saturated carbocycles. The average molecular weight is 1150 g/mol. The first-order chi connectivity index (χ1) is 42.6. The van der Waals surface area contributed by atoms with Gasteiger partial charge < -0.3 is 34.5 Å². The van der Waals surface area contributed by atoms with Gasteiger partial charge in [-0.2, -0.15) is 0 Å². The number of hydrogen-bond donors (Lipinski definition) is 1. The van der Waals surface area contributed by atoms with Crippen molar-refractivity contribution in [1.82, 2.24) is 54.7 Å². The number of rotatable bonds is 7. The van der Waals surface area contributed by atoms with E-state index in [4.69, 9.17) is 5.11 Å². The largest absolute Gasteiger partial charge is 0.512 e. The van der Waals surface area contributed by atoms with Gasteiger partial charge in [-0.15, -0.1) is 0 Å². The molecule has 436 valence electrons. The van der Waals surface area contributed by atoms with E-state index >= 15 is 0 Å². The van der Waals surface area contributed by atoms with E-state index in [1.54, 1.807) is 80.4 Å². The second-order valence-corrected chi connectivity index (χ2v) is 19.4. The molecule has 1 N–H and O–H groups in total. The summed E-state index contributed by atoms with van der Waals surface area (Å²) >= 11 is 0. The van der Waals surface area contributed by atoms with E-state index in [0.29, 0.717) is 5.82 Å². The third-order valence-electron chi connectivity index (χ3n) is 12.7. The smallest absolute Gasteiger partial charge is 0.178 e. The quantitative estimate of drug-likeness (QED) is 0.117. The molecule has 10 heterocycles. The van der Waals surface area contributed by atoms with E-state index in [1.807, 2.05) is 110 Å². The molecule has 3 aliphatic rings. The van der Waals surface area contributed by atoms with Crippen LogP contribution in [0.15, 0.2) is 287 Å². The normalized spacial score (nSPS) is 12.3. The molecule has 7 aromatic heterocycles. The number of benzene rings is 4. The monoisotopic (exact) mass is 1150 g/mol. The first-order valence-electron chi connectivity index (χ1n) is 27.8. The molecule has 0 saturated heterocycles. The van der Waals surface area contributed by atoms with Gasteiger partial charge in [0.2, 0.25) is 0 Å². The van der Waals surface area contributed by atoms with Gasteiger partial charge >= 0.3 is 0 Å². The maximum atomic E-state index is 10.0. The molecule has 18 nitrogen and oxygen atoms in total. The van der Waals surface area contributed by atoms with Crippen molar-refractivity contribution in [2.75, 3.05) is 65.6 Å². The van der Waals surface area contributed by atoms with E-state index < -0.39 is 0 Å². The molecule has 87 heavy (non-hydrogen) atoms. The summed E-state index contributed by atoms with van der Waals surface area (Å²) in [6.45, 7) is 5.49. The van der Waals surface area contributed by atoms with E-state index in [9.17, 15) is 4.79 Å². The van der Waals surface area contributed by atoms with Gasteiger partial charge in [-0.05, 0) is 105 Å². The van der Waals surface area contributed by atoms with Crippen molar-refractivity contribution < 1.29 is 9.90 Å². The molecule has 0 fully saturated rings. The van der Waals surface area contributed by atoms with Gasteiger partial charge in [0.25, 0.3) is 0 Å². The lowest BCUT2D eigenvalue weighted by Crippen LogP contribution is -2.23. The second-order valence-electron chi connectivity index (χ2n) is 19.4. The molecular weight excluding hydrogens is 1080 g/mol. The predicted octanol–water partition coefficient (Wildman–Crippen LogP) is 13.4. The first-order valence-corrected chi connectivity index (χ1v) is 27.8. The number of aromatic nitrogens is 10. The Morgan fingerprint density at radius 1 is 0.402 bits per heavy atom. The summed E-state index contributed by atoms with van der Waals surface area (Å²) in [5.74, 6) is 1.49. The highest BCUT2D eigenvalue weighted by Crippen LogP contribution is 2.40. The highest BCUT2D eigenvalue weighted by Gasteiger charge is 2.24. The molecule has 0 bridgehead atoms. The number of aliphatic hydroxyl groups is 1. The second kappa shape index (κ2) is 32.9. The number of carbonyl (C=O) groups excluding carboxylic acids is 1. The van der Waals surface area contributed by atoms with Crippen LogP contribution in [-0.4, -0.2) is 107 Å². The number of aliphatic hydroxyl groups excluding tert-OH is 1. The SMILES string of the molecule is CC(=O)C=C(C)O.CN1C=CN(c2cnccn2)C1.CN1CN(c2ccccc2)c2ccccc21.CN1CN(c2cccnc2)c2ccccc21.c1ccc(-c2ccccn2)cc1.c1ccc(-c2ncccn2)nc1.c1cncc(-c2cnccn2)c1. The molecule has 0 unspecified atom stereocenters. The topological polar surface area (TPSA) is 186 Å². The molecule has 0 atom stereocenters. The first kappa shape index (κ1) is 61.5. The maximum absolute atomic E-state index is 10.0. The zero-order valence-electron chi connectivity index (χ0n) is 49.2. The summed E-state index contributed by atoms with van der Waals surface area (Å²) in [4.78, 5) is 64.2. The van der Waals surface area contributed by atoms with Crippen LogP contribution in [0, 0.1) is 0 Å². The summed E-state index contributed by atoms with van der Waals surface area (Å²) in [7, 11) is 6.25. The Morgan fingerprint density at radius 2 is 0.897 bits per heavy atom. The van der Waals surface area contributed by atoms with E-state index in [0.717, 1.165) is 59.7 Å². The summed E-state index contributed by atoms with van der Waals surface area (Å²) in [5, 5.41) is 8.36. The van der Waals surface area contributed by atoms with Crippen molar-refractivity contribution in [3.63, 3.8) is 0 Å². The standard InChI is InChI=1S/C14H14N2.C13H13N3.C11H9N.2C9H7N3.C8H10N4.C5H8O2/c1-15-11-16(12-7-3-2-4-8-12)14-10-6-5-9-13(14)15;1-15-10-16(11-5-4-8-14-9-11)13-7-3-2-6-12(13)15;1-2-6-10(7-3-1)11-8-4-5-9-12-11;1-2-5-10-8(4-1)9-11-6-3-7-12-9;1-2-8(6-10-3-1)9-7-11-4-5-12-9;1-11-4-5-12(7-11)8-6-9-2-3-10-8;1-4(6)3-5(2)7/h2-10H,11H2,1H3;2-9H,10H2,1H3;1-9H;2*1-7H;2-6H,7H2,1H3;3,6H,1-2H3. The number of ketones is 1. The van der Waals surface area contributed by atoms with E-state index in [-0.39, 0.29) is 11.5 Å². The van der Waals surface area contributed by atoms with Gasteiger partial charge in [0.05, 0.1) is 84.2 Å². The minimum atomic E-state index is -0.125. The van der Waals surface area contributed by atoms with E-state index in [2.05, 4.69) is 185 Å². The number of carbonyl (C=O) groups is 1. The molecule has 0 aliphatic carbocycles. The van der Waals surface area contributed by atoms with Gasteiger partial charge in [0.1, 0.15) is 5.69 Å². The molecule has 18 heteroatoms. The molecule has 3 aliphatic heterocycles. The zero-order chi connectivity index (χ0) is 60.8. The van der Waals surface area contributed by atoms with Gasteiger partial charge in [0.15, 0.2) is 17.4 Å². The fourth-order valence-corrected chi connectivity index (χ4v) is 8.76. The Kier molecular flexibility index (Phi) is 23.3. The molecular formula is C69H68N16O2. The third kappa shape index (κ3) is 19.0. The van der Waals surface area contributed by atoms with Crippen LogP contribution in [0.25, 0.3) is 34.0 Å². The molecule has 0 spiro atoms. The lowest BCUT2D eigenvalue weighted by molar-refractivity contribution is -0.112. The van der Waals surface area contributed by atoms with Crippen LogP contribution in [0.4, 0.5) is 39.9 Å². The number of anilines is 7. The van der Waals surface area contributed by atoms with Gasteiger partial charge in [-0.25, -0.2) is 15.0 Å². The highest BCUT2D eigenvalue weighted by molar-refractivity contribution is 5.87. The summed E-state index contributed by atoms with van der Waals surface area (Å²) < 4.78 is 0. The number of nitrogens with zero attached hydrogens (tertiary/aromatic N) is 16. The van der Waals surface area contributed by atoms with Crippen LogP contribution in [-0.2, 0) is 4.79 Å². The Morgan fingerprint density at radius 3 is 1.39 bits per heavy atom. The third-order valence-corrected chi connectivity index (χ3v) is 12.7. The Balaban J connectivity index is 0.000000133. The molecule has 14 rings (SSSR count). The van der Waals surface area contributed by atoms with Crippen molar-refractivity contribution >= 4 is 45.7 Å². The van der Waals surface area contributed by atoms with E-state index in [1.165, 1.54) is 48.4 Å². The lowest BCUT2D eigenvalue weighted by Gasteiger charge is -2.19. The molecule has 11 aromatic rings. The van der Waals surface area contributed by atoms with Crippen molar-refractivity contribution in [2.45, 2.75) is 13.8 Å². The van der Waals surface area contributed by atoms with Gasteiger partial charge in [-0.1, -0.05) is 84.9 Å². The van der Waals surface area contributed by atoms with Crippen molar-refractivity contribution in [3.05, 3.63) is 287 Å².